The fourth-order valence-electron chi connectivity index (χ4n) is 1.83. The van der Waals surface area contributed by atoms with Crippen molar-refractivity contribution in [3.8, 4) is 5.75 Å². The minimum Gasteiger partial charge on any atom is -0.489 e. The zero-order valence-electron chi connectivity index (χ0n) is 10.4. The van der Waals surface area contributed by atoms with Gasteiger partial charge in [0.1, 0.15) is 12.4 Å². The number of allylic oxidation sites excluding steroid dienone is 1. The van der Waals surface area contributed by atoms with Crippen molar-refractivity contribution in [1.29, 1.82) is 0 Å². The SMILES string of the molecule is CCOC(=O)/C=C/c1cccc2c1OCC=CC2. The van der Waals surface area contributed by atoms with Crippen LogP contribution in [0.3, 0.4) is 0 Å². The molecule has 1 aromatic rings. The highest BCUT2D eigenvalue weighted by atomic mass is 16.5. The lowest BCUT2D eigenvalue weighted by atomic mass is 10.1. The van der Waals surface area contributed by atoms with Crippen LogP contribution in [0.15, 0.2) is 36.4 Å². The molecular weight excluding hydrogens is 228 g/mol. The first kappa shape index (κ1) is 12.4. The van der Waals surface area contributed by atoms with Crippen LogP contribution in [0, 0.1) is 0 Å². The Hall–Kier alpha value is -2.03. The molecule has 0 aromatic heterocycles. The number of fused-ring (bicyclic) bond motifs is 1. The molecule has 0 N–H and O–H groups in total. The third-order valence-electron chi connectivity index (χ3n) is 2.64. The van der Waals surface area contributed by atoms with E-state index in [1.807, 2.05) is 24.3 Å². The molecule has 0 fully saturated rings. The van der Waals surface area contributed by atoms with Gasteiger partial charge in [-0.1, -0.05) is 30.4 Å². The summed E-state index contributed by atoms with van der Waals surface area (Å²) in [6.07, 6.45) is 8.11. The van der Waals surface area contributed by atoms with Gasteiger partial charge in [-0.2, -0.15) is 0 Å². The van der Waals surface area contributed by atoms with Gasteiger partial charge in [-0.05, 0) is 25.0 Å². The lowest BCUT2D eigenvalue weighted by Crippen LogP contribution is -2.00. The topological polar surface area (TPSA) is 35.5 Å². The zero-order valence-corrected chi connectivity index (χ0v) is 10.4. The van der Waals surface area contributed by atoms with Crippen LogP contribution in [-0.4, -0.2) is 19.2 Å². The minimum absolute atomic E-state index is 0.332. The highest BCUT2D eigenvalue weighted by Crippen LogP contribution is 2.27. The third kappa shape index (κ3) is 3.00. The van der Waals surface area contributed by atoms with E-state index in [1.165, 1.54) is 6.08 Å². The van der Waals surface area contributed by atoms with Crippen LogP contribution in [0.2, 0.25) is 0 Å². The fraction of sp³-hybridized carbons (Fsp3) is 0.267. The van der Waals surface area contributed by atoms with Gasteiger partial charge in [-0.3, -0.25) is 0 Å². The van der Waals surface area contributed by atoms with E-state index in [9.17, 15) is 4.79 Å². The van der Waals surface area contributed by atoms with Crippen LogP contribution in [0.5, 0.6) is 5.75 Å². The second kappa shape index (κ2) is 6.05. The summed E-state index contributed by atoms with van der Waals surface area (Å²) in [7, 11) is 0. The first-order valence-corrected chi connectivity index (χ1v) is 6.05. The molecule has 0 bridgehead atoms. The average Bonchev–Trinajstić information content (AvgIpc) is 2.62. The first-order chi connectivity index (χ1) is 8.81. The van der Waals surface area contributed by atoms with Crippen molar-refractivity contribution in [1.82, 2.24) is 0 Å². The Bertz CT molecular complexity index is 487. The fourth-order valence-corrected chi connectivity index (χ4v) is 1.83. The Morgan fingerprint density at radius 1 is 1.44 bits per heavy atom. The molecule has 0 spiro atoms. The molecule has 1 heterocycles. The van der Waals surface area contributed by atoms with Gasteiger partial charge >= 0.3 is 5.97 Å². The van der Waals surface area contributed by atoms with Crippen molar-refractivity contribution < 1.29 is 14.3 Å². The van der Waals surface area contributed by atoms with E-state index >= 15 is 0 Å². The number of carbonyl (C=O) groups is 1. The Balaban J connectivity index is 2.22. The molecule has 1 aromatic carbocycles. The summed E-state index contributed by atoms with van der Waals surface area (Å²) in [6.45, 7) is 2.74. The molecule has 0 aliphatic carbocycles. The first-order valence-electron chi connectivity index (χ1n) is 6.05. The van der Waals surface area contributed by atoms with Gasteiger partial charge < -0.3 is 9.47 Å². The molecule has 1 aliphatic rings. The van der Waals surface area contributed by atoms with Crippen LogP contribution < -0.4 is 4.74 Å². The maximum Gasteiger partial charge on any atom is 0.330 e. The third-order valence-corrected chi connectivity index (χ3v) is 2.64. The van der Waals surface area contributed by atoms with Crippen molar-refractivity contribution in [3.63, 3.8) is 0 Å². The average molecular weight is 244 g/mol. The second-order valence-corrected chi connectivity index (χ2v) is 3.91. The molecule has 1 aliphatic heterocycles. The van der Waals surface area contributed by atoms with Gasteiger partial charge in [0.25, 0.3) is 0 Å². The van der Waals surface area contributed by atoms with Crippen LogP contribution >= 0.6 is 0 Å². The number of hydrogen-bond acceptors (Lipinski definition) is 3. The van der Waals surface area contributed by atoms with E-state index in [0.717, 1.165) is 23.3 Å². The highest BCUT2D eigenvalue weighted by molar-refractivity contribution is 5.87. The van der Waals surface area contributed by atoms with Crippen LogP contribution in [0.25, 0.3) is 6.08 Å². The number of esters is 1. The van der Waals surface area contributed by atoms with Gasteiger partial charge in [0.15, 0.2) is 0 Å². The van der Waals surface area contributed by atoms with Crippen molar-refractivity contribution >= 4 is 12.0 Å². The molecule has 0 atom stereocenters. The molecule has 3 nitrogen and oxygen atoms in total. The highest BCUT2D eigenvalue weighted by Gasteiger charge is 2.09. The smallest absolute Gasteiger partial charge is 0.330 e. The predicted octanol–water partition coefficient (Wildman–Crippen LogP) is 2.75. The number of rotatable bonds is 3. The Labute approximate surface area is 107 Å². The van der Waals surface area contributed by atoms with Gasteiger partial charge in [0.05, 0.1) is 6.61 Å². The monoisotopic (exact) mass is 244 g/mol. The molecule has 0 amide bonds. The molecule has 3 heteroatoms. The zero-order chi connectivity index (χ0) is 12.8. The van der Waals surface area contributed by atoms with Gasteiger partial charge in [0, 0.05) is 11.6 Å². The summed E-state index contributed by atoms with van der Waals surface area (Å²) >= 11 is 0. The van der Waals surface area contributed by atoms with Crippen molar-refractivity contribution in [2.45, 2.75) is 13.3 Å². The standard InChI is InChI=1S/C15H16O3/c1-2-17-14(16)10-9-13-8-5-7-12-6-3-4-11-18-15(12)13/h3-5,7-10H,2,6,11H2,1H3/b10-9+. The molecule has 0 radical (unpaired) electrons. The van der Waals surface area contributed by atoms with Gasteiger partial charge in [-0.25, -0.2) is 4.79 Å². The number of hydrogen-bond donors (Lipinski definition) is 0. The Kier molecular flexibility index (Phi) is 4.18. The molecular formula is C15H16O3. The second-order valence-electron chi connectivity index (χ2n) is 3.91. The number of para-hydroxylation sites is 1. The normalized spacial score (nSPS) is 13.8. The molecule has 0 saturated heterocycles. The van der Waals surface area contributed by atoms with Gasteiger partial charge in [0.2, 0.25) is 0 Å². The number of ether oxygens (including phenoxy) is 2. The summed E-state index contributed by atoms with van der Waals surface area (Å²) in [6, 6.07) is 5.93. The molecule has 18 heavy (non-hydrogen) atoms. The lowest BCUT2D eigenvalue weighted by Gasteiger charge is -2.10. The van der Waals surface area contributed by atoms with Gasteiger partial charge in [-0.15, -0.1) is 0 Å². The number of benzene rings is 1. The van der Waals surface area contributed by atoms with Crippen molar-refractivity contribution in [3.05, 3.63) is 47.6 Å². The van der Waals surface area contributed by atoms with Crippen LogP contribution in [-0.2, 0) is 16.0 Å². The minimum atomic E-state index is -0.332. The maximum absolute atomic E-state index is 11.3. The summed E-state index contributed by atoms with van der Waals surface area (Å²) in [4.78, 5) is 11.3. The van der Waals surface area contributed by atoms with Crippen molar-refractivity contribution in [2.24, 2.45) is 0 Å². The summed E-state index contributed by atoms with van der Waals surface area (Å²) < 4.78 is 10.5. The van der Waals surface area contributed by atoms with E-state index in [4.69, 9.17) is 9.47 Å². The predicted molar refractivity (Wildman–Crippen MR) is 70.4 cm³/mol. The van der Waals surface area contributed by atoms with E-state index in [2.05, 4.69) is 6.08 Å². The lowest BCUT2D eigenvalue weighted by molar-refractivity contribution is -0.137. The van der Waals surface area contributed by atoms with E-state index in [-0.39, 0.29) is 5.97 Å². The van der Waals surface area contributed by atoms with Crippen LogP contribution in [0.4, 0.5) is 0 Å². The Morgan fingerprint density at radius 3 is 3.17 bits per heavy atom. The van der Waals surface area contributed by atoms with E-state index < -0.39 is 0 Å². The Morgan fingerprint density at radius 2 is 2.33 bits per heavy atom. The quantitative estimate of drug-likeness (QED) is 0.466. The van der Waals surface area contributed by atoms with Crippen molar-refractivity contribution in [2.75, 3.05) is 13.2 Å². The maximum atomic E-state index is 11.3. The number of carbonyl (C=O) groups excluding carboxylic acids is 1. The summed E-state index contributed by atoms with van der Waals surface area (Å²) in [5.74, 6) is 0.518. The molecule has 0 saturated carbocycles. The largest absolute Gasteiger partial charge is 0.489 e. The molecule has 0 unspecified atom stereocenters. The molecule has 2 rings (SSSR count). The van der Waals surface area contributed by atoms with E-state index in [1.54, 1.807) is 13.0 Å². The van der Waals surface area contributed by atoms with Crippen LogP contribution in [0.1, 0.15) is 18.1 Å². The summed E-state index contributed by atoms with van der Waals surface area (Å²) in [5, 5.41) is 0. The molecule has 94 valence electrons. The summed E-state index contributed by atoms with van der Waals surface area (Å²) in [5.41, 5.74) is 2.04. The van der Waals surface area contributed by atoms with E-state index in [0.29, 0.717) is 13.2 Å².